The van der Waals surface area contributed by atoms with E-state index >= 15 is 0 Å². The first-order valence-electron chi connectivity index (χ1n) is 5.55. The predicted octanol–water partition coefficient (Wildman–Crippen LogP) is 4.29. The number of benzene rings is 2. The number of halogens is 2. The lowest BCUT2D eigenvalue weighted by Gasteiger charge is -2.10. The van der Waals surface area contributed by atoms with Crippen LogP contribution in [-0.2, 0) is 6.61 Å². The molecule has 0 fully saturated rings. The molecule has 0 amide bonds. The van der Waals surface area contributed by atoms with Gasteiger partial charge >= 0.3 is 0 Å². The second-order valence-corrected chi connectivity index (χ2v) is 4.60. The lowest BCUT2D eigenvalue weighted by molar-refractivity contribution is 0.304. The first-order valence-corrected chi connectivity index (χ1v) is 6.30. The van der Waals surface area contributed by atoms with E-state index in [2.05, 4.69) is 5.16 Å². The van der Waals surface area contributed by atoms with Crippen molar-refractivity contribution in [1.29, 1.82) is 0 Å². The SMILES string of the molecule is ON=C(Cl)c1ccccc1OCc1ccc(Cl)cc1. The van der Waals surface area contributed by atoms with Gasteiger partial charge in [0, 0.05) is 5.02 Å². The zero-order valence-corrected chi connectivity index (χ0v) is 11.4. The smallest absolute Gasteiger partial charge is 0.179 e. The molecule has 0 saturated carbocycles. The Hall–Kier alpha value is -1.71. The third kappa shape index (κ3) is 3.63. The molecule has 0 aliphatic heterocycles. The van der Waals surface area contributed by atoms with Crippen LogP contribution in [0.2, 0.25) is 5.02 Å². The summed E-state index contributed by atoms with van der Waals surface area (Å²) in [5, 5.41) is 12.4. The van der Waals surface area contributed by atoms with Crippen LogP contribution < -0.4 is 4.74 Å². The van der Waals surface area contributed by atoms with E-state index in [0.717, 1.165) is 5.56 Å². The van der Waals surface area contributed by atoms with Gasteiger partial charge in [-0.1, -0.05) is 52.6 Å². The molecular weight excluding hydrogens is 285 g/mol. The number of nitrogens with zero attached hydrogens (tertiary/aromatic N) is 1. The normalized spacial score (nSPS) is 11.4. The van der Waals surface area contributed by atoms with E-state index in [1.807, 2.05) is 18.2 Å². The van der Waals surface area contributed by atoms with Crippen molar-refractivity contribution < 1.29 is 9.94 Å². The predicted molar refractivity (Wildman–Crippen MR) is 76.4 cm³/mol. The molecule has 2 rings (SSSR count). The molecule has 0 aliphatic carbocycles. The van der Waals surface area contributed by atoms with Crippen molar-refractivity contribution in [1.82, 2.24) is 0 Å². The van der Waals surface area contributed by atoms with Crippen LogP contribution in [0.1, 0.15) is 11.1 Å². The van der Waals surface area contributed by atoms with Gasteiger partial charge in [0.25, 0.3) is 0 Å². The van der Waals surface area contributed by atoms with Gasteiger partial charge in [-0.15, -0.1) is 0 Å². The molecule has 1 N–H and O–H groups in total. The first kappa shape index (κ1) is 13.7. The Morgan fingerprint density at radius 1 is 1.11 bits per heavy atom. The number of hydrogen-bond acceptors (Lipinski definition) is 3. The Morgan fingerprint density at radius 3 is 2.47 bits per heavy atom. The molecule has 0 radical (unpaired) electrons. The molecule has 0 atom stereocenters. The van der Waals surface area contributed by atoms with E-state index < -0.39 is 0 Å². The monoisotopic (exact) mass is 295 g/mol. The highest BCUT2D eigenvalue weighted by Gasteiger charge is 2.08. The van der Waals surface area contributed by atoms with E-state index in [1.54, 1.807) is 30.3 Å². The van der Waals surface area contributed by atoms with Crippen molar-refractivity contribution in [3.63, 3.8) is 0 Å². The summed E-state index contributed by atoms with van der Waals surface area (Å²) in [5.41, 5.74) is 1.52. The highest BCUT2D eigenvalue weighted by atomic mass is 35.5. The van der Waals surface area contributed by atoms with Crippen molar-refractivity contribution in [2.75, 3.05) is 0 Å². The second-order valence-electron chi connectivity index (χ2n) is 3.80. The molecule has 98 valence electrons. The number of oxime groups is 1. The van der Waals surface area contributed by atoms with Crippen molar-refractivity contribution in [3.8, 4) is 5.75 Å². The third-order valence-corrected chi connectivity index (χ3v) is 3.04. The standard InChI is InChI=1S/C14H11Cl2NO2/c15-11-7-5-10(6-8-11)9-19-13-4-2-1-3-12(13)14(16)17-18/h1-8,18H,9H2. The summed E-state index contributed by atoms with van der Waals surface area (Å²) >= 11 is 11.6. The van der Waals surface area contributed by atoms with Gasteiger partial charge in [0.1, 0.15) is 12.4 Å². The maximum atomic E-state index is 8.71. The number of hydrogen-bond donors (Lipinski definition) is 1. The van der Waals surface area contributed by atoms with E-state index in [9.17, 15) is 0 Å². The number of rotatable bonds is 4. The Balaban J connectivity index is 2.13. The molecule has 0 aromatic heterocycles. The van der Waals surface area contributed by atoms with E-state index in [-0.39, 0.29) is 5.17 Å². The number of ether oxygens (including phenoxy) is 1. The van der Waals surface area contributed by atoms with Crippen LogP contribution in [-0.4, -0.2) is 10.4 Å². The van der Waals surface area contributed by atoms with Crippen molar-refractivity contribution in [2.45, 2.75) is 6.61 Å². The molecule has 0 heterocycles. The summed E-state index contributed by atoms with van der Waals surface area (Å²) in [5.74, 6) is 0.556. The van der Waals surface area contributed by atoms with Gasteiger partial charge in [0.15, 0.2) is 5.17 Å². The Kier molecular flexibility index (Phi) is 4.66. The molecule has 2 aromatic carbocycles. The van der Waals surface area contributed by atoms with Crippen LogP contribution in [0.3, 0.4) is 0 Å². The zero-order chi connectivity index (χ0) is 13.7. The minimum atomic E-state index is -0.00768. The Morgan fingerprint density at radius 2 is 1.79 bits per heavy atom. The zero-order valence-electron chi connectivity index (χ0n) is 9.88. The average molecular weight is 296 g/mol. The van der Waals surface area contributed by atoms with Gasteiger partial charge in [-0.25, -0.2) is 0 Å². The van der Waals surface area contributed by atoms with Gasteiger partial charge < -0.3 is 9.94 Å². The molecule has 0 spiro atoms. The van der Waals surface area contributed by atoms with E-state index in [1.165, 1.54) is 0 Å². The summed E-state index contributed by atoms with van der Waals surface area (Å²) < 4.78 is 5.67. The van der Waals surface area contributed by atoms with E-state index in [0.29, 0.717) is 22.9 Å². The van der Waals surface area contributed by atoms with Crippen molar-refractivity contribution in [2.24, 2.45) is 5.16 Å². The summed E-state index contributed by atoms with van der Waals surface area (Å²) in [6.45, 7) is 0.379. The topological polar surface area (TPSA) is 41.8 Å². The second kappa shape index (κ2) is 6.45. The van der Waals surface area contributed by atoms with Crippen LogP contribution in [0.25, 0.3) is 0 Å². The van der Waals surface area contributed by atoms with Crippen LogP contribution in [0.5, 0.6) is 5.75 Å². The number of para-hydroxylation sites is 1. The fourth-order valence-corrected chi connectivity index (χ4v) is 1.84. The summed E-state index contributed by atoms with van der Waals surface area (Å²) in [6.07, 6.45) is 0. The fourth-order valence-electron chi connectivity index (χ4n) is 1.56. The molecule has 19 heavy (non-hydrogen) atoms. The van der Waals surface area contributed by atoms with E-state index in [4.69, 9.17) is 33.1 Å². The highest BCUT2D eigenvalue weighted by Crippen LogP contribution is 2.22. The molecule has 5 heteroatoms. The van der Waals surface area contributed by atoms with Gasteiger partial charge in [-0.05, 0) is 29.8 Å². The van der Waals surface area contributed by atoms with Crippen molar-refractivity contribution >= 4 is 28.4 Å². The molecule has 0 aliphatic rings. The maximum Gasteiger partial charge on any atom is 0.179 e. The largest absolute Gasteiger partial charge is 0.488 e. The summed E-state index contributed by atoms with van der Waals surface area (Å²) in [4.78, 5) is 0. The molecule has 0 saturated heterocycles. The lowest BCUT2D eigenvalue weighted by Crippen LogP contribution is -2.01. The van der Waals surface area contributed by atoms with Gasteiger partial charge in [0.2, 0.25) is 0 Å². The molecular formula is C14H11Cl2NO2. The maximum absolute atomic E-state index is 8.71. The first-order chi connectivity index (χ1) is 9.20. The molecule has 2 aromatic rings. The van der Waals surface area contributed by atoms with Crippen molar-refractivity contribution in [3.05, 3.63) is 64.7 Å². The van der Waals surface area contributed by atoms with Gasteiger partial charge in [-0.2, -0.15) is 0 Å². The van der Waals surface area contributed by atoms with Gasteiger partial charge in [0.05, 0.1) is 5.56 Å². The van der Waals surface area contributed by atoms with Crippen LogP contribution in [0.4, 0.5) is 0 Å². The average Bonchev–Trinajstić information content (AvgIpc) is 2.46. The fraction of sp³-hybridized carbons (Fsp3) is 0.0714. The Bertz CT molecular complexity index is 582. The summed E-state index contributed by atoms with van der Waals surface area (Å²) in [7, 11) is 0. The third-order valence-electron chi connectivity index (χ3n) is 2.50. The van der Waals surface area contributed by atoms with Gasteiger partial charge in [-0.3, -0.25) is 0 Å². The summed E-state index contributed by atoms with van der Waals surface area (Å²) in [6, 6.07) is 14.5. The Labute approximate surface area is 121 Å². The molecule has 0 bridgehead atoms. The quantitative estimate of drug-likeness (QED) is 0.519. The van der Waals surface area contributed by atoms with Crippen LogP contribution in [0.15, 0.2) is 53.7 Å². The molecule has 0 unspecified atom stereocenters. The minimum Gasteiger partial charge on any atom is -0.488 e. The molecule has 3 nitrogen and oxygen atoms in total. The van der Waals surface area contributed by atoms with Crippen LogP contribution in [0, 0.1) is 0 Å². The minimum absolute atomic E-state index is 0.00768. The highest BCUT2D eigenvalue weighted by molar-refractivity contribution is 6.69. The lowest BCUT2D eigenvalue weighted by atomic mass is 10.2. The van der Waals surface area contributed by atoms with Crippen LogP contribution >= 0.6 is 23.2 Å².